The first-order chi connectivity index (χ1) is 23.6. The predicted octanol–water partition coefficient (Wildman–Crippen LogP) is 3.13. The van der Waals surface area contributed by atoms with E-state index in [1.54, 1.807) is 20.8 Å². The molecule has 5 atom stereocenters. The average Bonchev–Trinajstić information content (AvgIpc) is 3.39. The van der Waals surface area contributed by atoms with Crippen molar-refractivity contribution in [3.8, 4) is 5.75 Å². The van der Waals surface area contributed by atoms with Gasteiger partial charge in [-0.1, -0.05) is 66.7 Å². The summed E-state index contributed by atoms with van der Waals surface area (Å²) in [6.07, 6.45) is -2.22. The molecule has 1 aliphatic heterocycles. The fourth-order valence-electron chi connectivity index (χ4n) is 6.22. The zero-order valence-corrected chi connectivity index (χ0v) is 28.6. The number of fused-ring (bicyclic) bond motifs is 1. The molecule has 0 radical (unpaired) electrons. The molecule has 5 rings (SSSR count). The Bertz CT molecular complexity index is 1490. The highest BCUT2D eigenvalue weighted by Crippen LogP contribution is 2.31. The van der Waals surface area contributed by atoms with Crippen LogP contribution < -0.4 is 20.7 Å². The second kappa shape index (κ2) is 17.1. The van der Waals surface area contributed by atoms with Gasteiger partial charge in [-0.25, -0.2) is 4.79 Å². The van der Waals surface area contributed by atoms with Gasteiger partial charge in [0.1, 0.15) is 24.0 Å². The molecule has 11 nitrogen and oxygen atoms in total. The molecule has 2 amide bonds. The molecule has 11 heteroatoms. The number of morpholine rings is 1. The number of hydrogen-bond acceptors (Lipinski definition) is 9. The van der Waals surface area contributed by atoms with Gasteiger partial charge in [0.15, 0.2) is 0 Å². The van der Waals surface area contributed by atoms with E-state index in [2.05, 4.69) is 20.9 Å². The van der Waals surface area contributed by atoms with Crippen LogP contribution in [0.2, 0.25) is 0 Å². The van der Waals surface area contributed by atoms with E-state index in [9.17, 15) is 19.8 Å². The molecule has 2 unspecified atom stereocenters. The van der Waals surface area contributed by atoms with E-state index in [1.807, 2.05) is 78.9 Å². The highest BCUT2D eigenvalue weighted by Gasteiger charge is 2.38. The Morgan fingerprint density at radius 3 is 2.37 bits per heavy atom. The lowest BCUT2D eigenvalue weighted by atomic mass is 9.95. The number of alkyl carbamates (subject to hydrolysis) is 1. The van der Waals surface area contributed by atoms with Crippen LogP contribution in [0.3, 0.4) is 0 Å². The molecule has 0 bridgehead atoms. The number of hydrogen-bond donors (Lipinski definition) is 5. The van der Waals surface area contributed by atoms with Gasteiger partial charge < -0.3 is 35.1 Å². The summed E-state index contributed by atoms with van der Waals surface area (Å²) in [4.78, 5) is 29.4. The van der Waals surface area contributed by atoms with Crippen LogP contribution in [-0.2, 0) is 33.7 Å². The van der Waals surface area contributed by atoms with E-state index in [4.69, 9.17) is 14.2 Å². The van der Waals surface area contributed by atoms with Crippen molar-refractivity contribution in [2.45, 2.75) is 76.1 Å². The highest BCUT2D eigenvalue weighted by atomic mass is 16.6. The van der Waals surface area contributed by atoms with Gasteiger partial charge in [0.05, 0.1) is 37.5 Å². The molecule has 49 heavy (non-hydrogen) atoms. The quantitative estimate of drug-likeness (QED) is 0.175. The maximum Gasteiger partial charge on any atom is 0.407 e. The molecule has 1 aliphatic carbocycles. The Labute approximate surface area is 288 Å². The van der Waals surface area contributed by atoms with E-state index in [0.29, 0.717) is 13.0 Å². The van der Waals surface area contributed by atoms with Crippen molar-refractivity contribution in [2.24, 2.45) is 0 Å². The van der Waals surface area contributed by atoms with Crippen LogP contribution in [0.1, 0.15) is 49.1 Å². The van der Waals surface area contributed by atoms with Crippen LogP contribution in [0, 0.1) is 0 Å². The summed E-state index contributed by atoms with van der Waals surface area (Å²) in [6, 6.07) is 22.0. The third kappa shape index (κ3) is 10.7. The molecule has 1 heterocycles. The number of carbonyl (C=O) groups excluding carboxylic acids is 2. The zero-order chi connectivity index (χ0) is 34.8. The largest absolute Gasteiger partial charge is 0.492 e. The van der Waals surface area contributed by atoms with Crippen molar-refractivity contribution in [3.05, 3.63) is 101 Å². The number of ether oxygens (including phenoxy) is 3. The molecule has 1 fully saturated rings. The van der Waals surface area contributed by atoms with Crippen LogP contribution >= 0.6 is 0 Å². The van der Waals surface area contributed by atoms with Gasteiger partial charge in [-0.3, -0.25) is 15.0 Å². The monoisotopic (exact) mass is 674 g/mol. The van der Waals surface area contributed by atoms with E-state index in [-0.39, 0.29) is 13.0 Å². The molecule has 0 saturated carbocycles. The smallest absolute Gasteiger partial charge is 0.407 e. The summed E-state index contributed by atoms with van der Waals surface area (Å²) in [7, 11) is 0. The summed E-state index contributed by atoms with van der Waals surface area (Å²) in [5.41, 5.74) is 2.79. The molecule has 264 valence electrons. The first-order valence-corrected chi connectivity index (χ1v) is 17.1. The summed E-state index contributed by atoms with van der Waals surface area (Å²) >= 11 is 0. The van der Waals surface area contributed by atoms with E-state index < -0.39 is 47.9 Å². The van der Waals surface area contributed by atoms with Crippen LogP contribution in [0.25, 0.3) is 0 Å². The van der Waals surface area contributed by atoms with Crippen LogP contribution in [0.5, 0.6) is 5.75 Å². The van der Waals surface area contributed by atoms with Crippen molar-refractivity contribution < 1.29 is 34.0 Å². The summed E-state index contributed by atoms with van der Waals surface area (Å²) in [5.74, 6) is 0.241. The van der Waals surface area contributed by atoms with Crippen LogP contribution in [0.4, 0.5) is 4.79 Å². The van der Waals surface area contributed by atoms with Crippen molar-refractivity contribution in [1.82, 2.24) is 20.9 Å². The first-order valence-electron chi connectivity index (χ1n) is 17.1. The number of aliphatic hydroxyl groups is 2. The summed E-state index contributed by atoms with van der Waals surface area (Å²) in [5, 5.41) is 31.9. The maximum atomic E-state index is 14.1. The third-order valence-corrected chi connectivity index (χ3v) is 8.77. The van der Waals surface area contributed by atoms with Crippen LogP contribution in [-0.4, -0.2) is 96.5 Å². The first kappa shape index (κ1) is 36.3. The lowest BCUT2D eigenvalue weighted by Gasteiger charge is -2.32. The molecule has 1 saturated heterocycles. The predicted molar refractivity (Wildman–Crippen MR) is 186 cm³/mol. The Morgan fingerprint density at radius 2 is 1.65 bits per heavy atom. The topological polar surface area (TPSA) is 142 Å². The minimum Gasteiger partial charge on any atom is -0.492 e. The Balaban J connectivity index is 1.31. The third-order valence-electron chi connectivity index (χ3n) is 8.77. The highest BCUT2D eigenvalue weighted by molar-refractivity contribution is 5.83. The number of amides is 2. The standard InChI is InChI=1S/C38H50N4O7/c1-38(2,3)49-37(46)40-31(23-26-9-5-4-6-10-26)35(44)34(36(45)41-33-30-12-8-7-11-28(30)24-32(33)43)39-25-27-13-15-29(16-14-27)48-22-19-42-17-20-47-21-18-42/h4-16,31-35,39,43-44H,17-25H2,1-3H3,(H,40,46)(H,41,45)/t31-,32?,33?,34+,35-/m0/s1. The number of benzene rings is 3. The summed E-state index contributed by atoms with van der Waals surface area (Å²) < 4.78 is 16.9. The van der Waals surface area contributed by atoms with Gasteiger partial charge in [0.2, 0.25) is 5.91 Å². The molecular formula is C38H50N4O7. The van der Waals surface area contributed by atoms with Crippen molar-refractivity contribution >= 4 is 12.0 Å². The molecule has 3 aromatic rings. The van der Waals surface area contributed by atoms with Gasteiger partial charge in [-0.2, -0.15) is 0 Å². The van der Waals surface area contributed by atoms with Crippen molar-refractivity contribution in [1.29, 1.82) is 0 Å². The SMILES string of the molecule is CC(C)(C)OC(=O)N[C@@H](Cc1ccccc1)[C@H](O)[C@@H](NCc1ccc(OCCN2CCOCC2)cc1)C(=O)NC1c2ccccc2CC1O. The number of rotatable bonds is 14. The molecule has 3 aromatic carbocycles. The second-order valence-electron chi connectivity index (χ2n) is 13.7. The number of nitrogens with one attached hydrogen (secondary N) is 3. The van der Waals surface area contributed by atoms with Crippen molar-refractivity contribution in [3.63, 3.8) is 0 Å². The lowest BCUT2D eigenvalue weighted by molar-refractivity contribution is -0.128. The van der Waals surface area contributed by atoms with Crippen LogP contribution in [0.15, 0.2) is 78.9 Å². The number of nitrogens with zero attached hydrogens (tertiary/aromatic N) is 1. The fourth-order valence-corrected chi connectivity index (χ4v) is 6.22. The molecular weight excluding hydrogens is 624 g/mol. The fraction of sp³-hybridized carbons (Fsp3) is 0.474. The normalized spacial score (nSPS) is 19.7. The van der Waals surface area contributed by atoms with Crippen molar-refractivity contribution in [2.75, 3.05) is 39.5 Å². The summed E-state index contributed by atoms with van der Waals surface area (Å²) in [6.45, 7) is 10.2. The molecule has 5 N–H and O–H groups in total. The van der Waals surface area contributed by atoms with Gasteiger partial charge in [-0.05, 0) is 61.6 Å². The van der Waals surface area contributed by atoms with Gasteiger partial charge >= 0.3 is 6.09 Å². The number of carbonyl (C=O) groups is 2. The average molecular weight is 675 g/mol. The maximum absolute atomic E-state index is 14.1. The zero-order valence-electron chi connectivity index (χ0n) is 28.6. The second-order valence-corrected chi connectivity index (χ2v) is 13.7. The minimum absolute atomic E-state index is 0.248. The van der Waals surface area contributed by atoms with Gasteiger partial charge in [0.25, 0.3) is 0 Å². The van der Waals surface area contributed by atoms with E-state index in [0.717, 1.165) is 60.9 Å². The van der Waals surface area contributed by atoms with E-state index in [1.165, 1.54) is 0 Å². The Kier molecular flexibility index (Phi) is 12.7. The van der Waals surface area contributed by atoms with Gasteiger partial charge in [-0.15, -0.1) is 0 Å². The number of aliphatic hydroxyl groups excluding tert-OH is 2. The lowest BCUT2D eigenvalue weighted by Crippen LogP contribution is -2.60. The molecule has 2 aliphatic rings. The molecule has 0 aromatic heterocycles. The Hall–Kier alpha value is -4.00. The van der Waals surface area contributed by atoms with Gasteiger partial charge in [0, 0.05) is 32.6 Å². The van der Waals surface area contributed by atoms with E-state index >= 15 is 0 Å². The minimum atomic E-state index is -1.37. The molecule has 0 spiro atoms. The Morgan fingerprint density at radius 1 is 0.959 bits per heavy atom.